The van der Waals surface area contributed by atoms with E-state index in [9.17, 15) is 0 Å². The van der Waals surface area contributed by atoms with E-state index < -0.39 is 0 Å². The molecule has 0 saturated heterocycles. The molecule has 5 heterocycles. The first kappa shape index (κ1) is 24.9. The summed E-state index contributed by atoms with van der Waals surface area (Å²) in [5.41, 5.74) is 6.45. The Balaban J connectivity index is 0.00000131. The summed E-state index contributed by atoms with van der Waals surface area (Å²) in [5, 5.41) is 3.82. The van der Waals surface area contributed by atoms with Gasteiger partial charge in [0.05, 0.1) is 0 Å². The third kappa shape index (κ3) is 3.85. The molecule has 2 N–H and O–H groups in total. The number of H-pyrrole nitrogens is 2. The molecule has 2 aliphatic heterocycles. The van der Waals surface area contributed by atoms with E-state index in [1.807, 2.05) is 114 Å². The summed E-state index contributed by atoms with van der Waals surface area (Å²) in [4.78, 5) is 36.8. The first-order chi connectivity index (χ1) is 20.8. The van der Waals surface area contributed by atoms with Crippen LogP contribution in [0, 0.1) is 0 Å². The Kier molecular flexibility index (Phi) is 5.88. The molecule has 2 aliphatic rings. The predicted molar refractivity (Wildman–Crippen MR) is 162 cm³/mol. The normalized spacial score (nSPS) is 11.6. The van der Waals surface area contributed by atoms with Crippen molar-refractivity contribution in [2.45, 2.75) is 0 Å². The Morgan fingerprint density at radius 3 is 0.857 bits per heavy atom. The number of hydrogen-bond donors (Lipinski definition) is 2. The maximum atomic E-state index is 5.02. The van der Waals surface area contributed by atoms with Gasteiger partial charge in [-0.1, -0.05) is 97.1 Å². The van der Waals surface area contributed by atoms with Gasteiger partial charge in [0.15, 0.2) is 23.3 Å². The summed E-state index contributed by atoms with van der Waals surface area (Å²) in [6.07, 6.45) is 0. The molecule has 0 aliphatic carbocycles. The minimum absolute atomic E-state index is 0.597. The molecule has 0 spiro atoms. The zero-order valence-corrected chi connectivity index (χ0v) is 24.0. The van der Waals surface area contributed by atoms with Crippen molar-refractivity contribution >= 4 is 53.8 Å². The standard InChI is InChI=1S/C32H18N8.ClH.Rh/c1-2-10-18-17(9-1)25-33-26(18)38-28-21-13-5-6-14-22(21)30(35-28)40-32-24-16-8-7-15-23(24)31(36-32)39-29-20-12-4-3-11-19(20)27(34-29)37-25;;/h1-16H,(H2,33,34,35,36,37,38,39,40);1H;/q;;+1/p-1. The maximum Gasteiger partial charge on any atom is 0.164 e. The van der Waals surface area contributed by atoms with Gasteiger partial charge in [-0.2, -0.15) is 0 Å². The molecule has 42 heavy (non-hydrogen) atoms. The summed E-state index contributed by atoms with van der Waals surface area (Å²) < 4.78 is 0. The number of benzene rings is 4. The zero-order chi connectivity index (χ0) is 28.2. The van der Waals surface area contributed by atoms with E-state index in [2.05, 4.69) is 19.7 Å². The summed E-state index contributed by atoms with van der Waals surface area (Å²) in [7, 11) is 4.53. The van der Waals surface area contributed by atoms with Crippen molar-refractivity contribution < 1.29 is 17.3 Å². The molecule has 0 saturated carbocycles. The number of nitrogens with zero attached hydrogens (tertiary/aromatic N) is 6. The van der Waals surface area contributed by atoms with E-state index in [-0.39, 0.29) is 0 Å². The maximum absolute atomic E-state index is 5.02. The smallest absolute Gasteiger partial charge is 0.164 e. The summed E-state index contributed by atoms with van der Waals surface area (Å²) in [5.74, 6) is 2.39. The first-order valence-corrected chi connectivity index (χ1v) is 15.2. The summed E-state index contributed by atoms with van der Waals surface area (Å²) in [6.45, 7) is 0. The van der Waals surface area contributed by atoms with Crippen LogP contribution in [0.4, 0.5) is 0 Å². The second kappa shape index (κ2) is 9.91. The summed E-state index contributed by atoms with van der Waals surface area (Å²) in [6, 6.07) is 32.2. The van der Waals surface area contributed by atoms with Gasteiger partial charge in [0.2, 0.25) is 0 Å². The molecule has 0 atom stereocenters. The molecule has 10 heteroatoms. The average molecular weight is 653 g/mol. The fourth-order valence-corrected chi connectivity index (χ4v) is 5.59. The number of rotatable bonds is 0. The van der Waals surface area contributed by atoms with Crippen LogP contribution in [0.15, 0.2) is 97.1 Å². The Bertz CT molecular complexity index is 2040. The second-order valence-corrected chi connectivity index (χ2v) is 9.79. The van der Waals surface area contributed by atoms with Crippen LogP contribution in [-0.2, 0) is 17.3 Å². The number of halogens is 1. The van der Waals surface area contributed by atoms with E-state index in [0.29, 0.717) is 45.9 Å². The Morgan fingerprint density at radius 2 is 0.595 bits per heavy atom. The molecular weight excluding hydrogens is 635 g/mol. The zero-order valence-electron chi connectivity index (χ0n) is 21.6. The van der Waals surface area contributed by atoms with Crippen LogP contribution in [-0.4, -0.2) is 39.9 Å². The average Bonchev–Trinajstić information content (AvgIpc) is 3.78. The van der Waals surface area contributed by atoms with Crippen molar-refractivity contribution in [1.82, 2.24) is 39.9 Å². The van der Waals surface area contributed by atoms with Gasteiger partial charge in [-0.15, -0.1) is 0 Å². The van der Waals surface area contributed by atoms with Crippen molar-refractivity contribution in [2.24, 2.45) is 0 Å². The van der Waals surface area contributed by atoms with Crippen molar-refractivity contribution in [2.75, 3.05) is 0 Å². The fourth-order valence-electron chi connectivity index (χ4n) is 5.59. The molecule has 202 valence electrons. The van der Waals surface area contributed by atoms with Crippen LogP contribution in [0.3, 0.4) is 0 Å². The van der Waals surface area contributed by atoms with Crippen LogP contribution in [0.5, 0.6) is 0 Å². The molecule has 8 nitrogen and oxygen atoms in total. The minimum atomic E-state index is 0.597. The van der Waals surface area contributed by atoms with Crippen LogP contribution in [0.2, 0.25) is 0 Å². The van der Waals surface area contributed by atoms with E-state index in [1.165, 1.54) is 0 Å². The molecule has 0 unspecified atom stereocenters. The molecule has 9 rings (SSSR count). The largest absolute Gasteiger partial charge is 0.324 e. The Labute approximate surface area is 252 Å². The SMILES string of the molecule is [Cl][Rh].c1ccc2c(c1)-c1nc-2nc2[nH]c(nc3nc(nc4[nH]c(n1)c1ccccc41)-c1ccccc1-3)c1ccccc21. The number of aromatic nitrogens is 8. The topological polar surface area (TPSA) is 109 Å². The van der Waals surface area contributed by atoms with Gasteiger partial charge in [0.1, 0.15) is 22.6 Å². The van der Waals surface area contributed by atoms with Crippen LogP contribution < -0.4 is 0 Å². The van der Waals surface area contributed by atoms with E-state index in [0.717, 1.165) is 43.8 Å². The molecule has 0 radical (unpaired) electrons. The van der Waals surface area contributed by atoms with Gasteiger partial charge in [-0.3, -0.25) is 0 Å². The van der Waals surface area contributed by atoms with Gasteiger partial charge < -0.3 is 9.97 Å². The number of aromatic amines is 2. The van der Waals surface area contributed by atoms with Gasteiger partial charge in [0, 0.05) is 43.8 Å². The molecule has 8 bridgehead atoms. The Morgan fingerprint density at radius 1 is 0.357 bits per heavy atom. The van der Waals surface area contributed by atoms with E-state index >= 15 is 0 Å². The molecule has 4 aromatic carbocycles. The predicted octanol–water partition coefficient (Wildman–Crippen LogP) is 7.56. The number of nitrogens with one attached hydrogen (secondary N) is 2. The number of hydrogen-bond acceptors (Lipinski definition) is 6. The quantitative estimate of drug-likeness (QED) is 0.164. The first-order valence-electron chi connectivity index (χ1n) is 13.1. The van der Waals surface area contributed by atoms with Gasteiger partial charge in [0.25, 0.3) is 0 Å². The van der Waals surface area contributed by atoms with Crippen molar-refractivity contribution in [3.8, 4) is 45.6 Å². The molecule has 0 fully saturated rings. The number of fused-ring (bicyclic) bond motifs is 20. The monoisotopic (exact) mass is 652 g/mol. The van der Waals surface area contributed by atoms with Gasteiger partial charge >= 0.3 is 27.0 Å². The van der Waals surface area contributed by atoms with Gasteiger partial charge in [-0.25, -0.2) is 29.9 Å². The minimum Gasteiger partial charge on any atom is -0.324 e. The molecule has 0 amide bonds. The molecule has 3 aromatic heterocycles. The molecule has 7 aromatic rings. The third-order valence-corrected chi connectivity index (χ3v) is 7.46. The Hall–Kier alpha value is -4.85. The van der Waals surface area contributed by atoms with Crippen molar-refractivity contribution in [3.05, 3.63) is 97.1 Å². The second-order valence-electron chi connectivity index (χ2n) is 9.79. The van der Waals surface area contributed by atoms with E-state index in [1.54, 1.807) is 0 Å². The van der Waals surface area contributed by atoms with Crippen molar-refractivity contribution in [1.29, 1.82) is 0 Å². The molecular formula is C32H18ClN8Rh. The third-order valence-electron chi connectivity index (χ3n) is 7.46. The fraction of sp³-hybridized carbons (Fsp3) is 0. The van der Waals surface area contributed by atoms with Crippen LogP contribution >= 0.6 is 9.69 Å². The van der Waals surface area contributed by atoms with Crippen molar-refractivity contribution in [3.63, 3.8) is 0 Å². The van der Waals surface area contributed by atoms with Gasteiger partial charge in [-0.05, 0) is 0 Å². The van der Waals surface area contributed by atoms with Crippen LogP contribution in [0.25, 0.3) is 89.7 Å². The van der Waals surface area contributed by atoms with Crippen LogP contribution in [0.1, 0.15) is 0 Å². The van der Waals surface area contributed by atoms with E-state index in [4.69, 9.17) is 29.9 Å². The summed E-state index contributed by atoms with van der Waals surface area (Å²) >= 11 is 2.02.